The van der Waals surface area contributed by atoms with Gasteiger partial charge in [-0.1, -0.05) is 30.3 Å². The number of fused-ring (bicyclic) bond motifs is 1. The number of alkyl halides is 3. The fourth-order valence-corrected chi connectivity index (χ4v) is 6.94. The smallest absolute Gasteiger partial charge is 0.416 e. The number of amides is 3. The molecule has 3 amide bonds. The van der Waals surface area contributed by atoms with E-state index in [0.717, 1.165) is 12.1 Å². The summed E-state index contributed by atoms with van der Waals surface area (Å²) in [7, 11) is -4.37. The van der Waals surface area contributed by atoms with Crippen LogP contribution in [0.5, 0.6) is 0 Å². The van der Waals surface area contributed by atoms with Crippen LogP contribution < -0.4 is 10.0 Å². The molecule has 2 heterocycles. The Morgan fingerprint density at radius 2 is 1.76 bits per heavy atom. The zero-order chi connectivity index (χ0) is 32.9. The van der Waals surface area contributed by atoms with Crippen molar-refractivity contribution in [3.05, 3.63) is 78.5 Å². The summed E-state index contributed by atoms with van der Waals surface area (Å²) in [6, 6.07) is 10.6. The van der Waals surface area contributed by atoms with Crippen molar-refractivity contribution in [2.24, 2.45) is 11.8 Å². The van der Waals surface area contributed by atoms with Crippen LogP contribution in [0.25, 0.3) is 10.9 Å². The van der Waals surface area contributed by atoms with Crippen molar-refractivity contribution in [1.29, 1.82) is 0 Å². The number of benzene rings is 2. The lowest BCUT2D eigenvalue weighted by Gasteiger charge is -2.24. The van der Waals surface area contributed by atoms with E-state index in [-0.39, 0.29) is 24.4 Å². The molecule has 0 bridgehead atoms. The van der Waals surface area contributed by atoms with Gasteiger partial charge in [-0.3, -0.25) is 9.59 Å². The predicted octanol–water partition coefficient (Wildman–Crippen LogP) is 4.70. The second kappa shape index (κ2) is 11.2. The van der Waals surface area contributed by atoms with E-state index in [2.05, 4.69) is 21.6 Å². The molecule has 3 N–H and O–H groups in total. The maximum atomic E-state index is 13.9. The highest BCUT2D eigenvalue weighted by molar-refractivity contribution is 7.90. The standard InChI is InChI=1S/C31H33F3N4O6S/c1-5-20-15-30(20,27(40)37-45(42,43)24-8-6-7-19-13-14-35-25(19)24)36-26(39)23-17-38(28(41)44-29(2,3)4)16-22(23)18-9-11-21(12-10-18)31(32,33)34/h5-14,20,22-23,35H,1,15-17H2,2-4H3,(H,36,39)(H,37,40)/t20-,22?,23?,30-/m1/s1. The Bertz CT molecular complexity index is 1760. The first-order valence-corrected chi connectivity index (χ1v) is 15.7. The lowest BCUT2D eigenvalue weighted by molar-refractivity contribution is -0.137. The van der Waals surface area contributed by atoms with E-state index in [9.17, 15) is 36.0 Å². The van der Waals surface area contributed by atoms with Gasteiger partial charge in [-0.05, 0) is 57.0 Å². The summed E-state index contributed by atoms with van der Waals surface area (Å²) in [6.45, 7) is 8.56. The van der Waals surface area contributed by atoms with Crippen molar-refractivity contribution in [2.45, 2.75) is 55.3 Å². The van der Waals surface area contributed by atoms with Crippen molar-refractivity contribution in [3.8, 4) is 0 Å². The van der Waals surface area contributed by atoms with Gasteiger partial charge in [0.05, 0.1) is 17.0 Å². The third-order valence-electron chi connectivity index (χ3n) is 8.09. The molecule has 2 aliphatic rings. The summed E-state index contributed by atoms with van der Waals surface area (Å²) in [5.41, 5.74) is -2.66. The largest absolute Gasteiger partial charge is 0.444 e. The number of ether oxygens (including phenoxy) is 1. The molecule has 2 aromatic carbocycles. The van der Waals surface area contributed by atoms with Crippen LogP contribution in [0.3, 0.4) is 0 Å². The van der Waals surface area contributed by atoms with Crippen LogP contribution in [0.4, 0.5) is 18.0 Å². The molecule has 2 fully saturated rings. The van der Waals surface area contributed by atoms with E-state index >= 15 is 0 Å². The molecule has 10 nitrogen and oxygen atoms in total. The van der Waals surface area contributed by atoms with Gasteiger partial charge in [0.1, 0.15) is 16.0 Å². The number of aromatic amines is 1. The van der Waals surface area contributed by atoms with Crippen molar-refractivity contribution in [3.63, 3.8) is 0 Å². The van der Waals surface area contributed by atoms with Crippen molar-refractivity contribution < 1.29 is 40.7 Å². The van der Waals surface area contributed by atoms with E-state index in [1.54, 1.807) is 39.1 Å². The first kappa shape index (κ1) is 32.1. The summed E-state index contributed by atoms with van der Waals surface area (Å²) >= 11 is 0. The molecule has 0 spiro atoms. The maximum absolute atomic E-state index is 13.9. The number of hydrogen-bond donors (Lipinski definition) is 3. The highest BCUT2D eigenvalue weighted by Crippen LogP contribution is 2.46. The molecule has 5 rings (SSSR count). The Labute approximate surface area is 258 Å². The number of likely N-dealkylation sites (tertiary alicyclic amines) is 1. The monoisotopic (exact) mass is 646 g/mol. The second-order valence-electron chi connectivity index (χ2n) is 12.4. The van der Waals surface area contributed by atoms with Crippen LogP contribution >= 0.6 is 0 Å². The topological polar surface area (TPSA) is 138 Å². The Balaban J connectivity index is 1.41. The van der Waals surface area contributed by atoms with E-state index in [1.165, 1.54) is 35.2 Å². The van der Waals surface area contributed by atoms with E-state index in [0.29, 0.717) is 16.5 Å². The third kappa shape index (κ3) is 6.42. The molecule has 2 unspecified atom stereocenters. The fourth-order valence-electron chi connectivity index (χ4n) is 5.70. The lowest BCUT2D eigenvalue weighted by atomic mass is 9.87. The molecular weight excluding hydrogens is 613 g/mol. The quantitative estimate of drug-likeness (QED) is 0.318. The summed E-state index contributed by atoms with van der Waals surface area (Å²) in [4.78, 5) is 44.4. The summed E-state index contributed by atoms with van der Waals surface area (Å²) in [5.74, 6) is -3.96. The Kier molecular flexibility index (Phi) is 8.01. The number of H-pyrrole nitrogens is 1. The number of halogens is 3. The number of aromatic nitrogens is 1. The SMILES string of the molecule is C=C[C@@H]1C[C@]1(NC(=O)C1CN(C(=O)OC(C)(C)C)CC1c1ccc(C(F)(F)F)cc1)C(=O)NS(=O)(=O)c1cccc2cc[nH]c12. The van der Waals surface area contributed by atoms with Gasteiger partial charge in [0.2, 0.25) is 5.91 Å². The first-order chi connectivity index (χ1) is 20.9. The molecule has 3 aromatic rings. The predicted molar refractivity (Wildman–Crippen MR) is 158 cm³/mol. The molecule has 0 radical (unpaired) electrons. The molecule has 1 aliphatic carbocycles. The number of nitrogens with one attached hydrogen (secondary N) is 3. The normalized spacial score (nSPS) is 23.4. The van der Waals surface area contributed by atoms with E-state index in [4.69, 9.17) is 4.74 Å². The average Bonchev–Trinajstić information content (AvgIpc) is 3.26. The van der Waals surface area contributed by atoms with Gasteiger partial charge >= 0.3 is 12.3 Å². The number of sulfonamides is 1. The van der Waals surface area contributed by atoms with Crippen LogP contribution in [-0.4, -0.2) is 60.4 Å². The lowest BCUT2D eigenvalue weighted by Crippen LogP contribution is -2.53. The van der Waals surface area contributed by atoms with E-state index in [1.807, 2.05) is 0 Å². The van der Waals surface area contributed by atoms with Crippen LogP contribution in [0.1, 0.15) is 44.2 Å². The summed E-state index contributed by atoms with van der Waals surface area (Å²) < 4.78 is 73.9. The Morgan fingerprint density at radius 3 is 2.36 bits per heavy atom. The van der Waals surface area contributed by atoms with Crippen LogP contribution in [-0.2, 0) is 30.5 Å². The van der Waals surface area contributed by atoms with Gasteiger partial charge in [-0.2, -0.15) is 13.2 Å². The van der Waals surface area contributed by atoms with Gasteiger partial charge in [0.15, 0.2) is 0 Å². The highest BCUT2D eigenvalue weighted by atomic mass is 32.2. The molecule has 1 saturated heterocycles. The third-order valence-corrected chi connectivity index (χ3v) is 9.46. The van der Waals surface area contributed by atoms with Gasteiger partial charge < -0.3 is 19.9 Å². The van der Waals surface area contributed by atoms with Crippen LogP contribution in [0.2, 0.25) is 0 Å². The molecule has 45 heavy (non-hydrogen) atoms. The second-order valence-corrected chi connectivity index (χ2v) is 14.0. The molecule has 4 atom stereocenters. The molecular formula is C31H33F3N4O6S. The molecule has 1 aliphatic heterocycles. The van der Waals surface area contributed by atoms with Crippen molar-refractivity contribution >= 4 is 38.8 Å². The number of para-hydroxylation sites is 1. The van der Waals surface area contributed by atoms with Gasteiger partial charge in [0, 0.05) is 36.5 Å². The number of carbonyl (C=O) groups is 3. The molecule has 1 saturated carbocycles. The minimum Gasteiger partial charge on any atom is -0.444 e. The van der Waals surface area contributed by atoms with Gasteiger partial charge in [-0.15, -0.1) is 6.58 Å². The first-order valence-electron chi connectivity index (χ1n) is 14.2. The van der Waals surface area contributed by atoms with Crippen LogP contribution in [0, 0.1) is 11.8 Å². The van der Waals surface area contributed by atoms with Crippen molar-refractivity contribution in [2.75, 3.05) is 13.1 Å². The van der Waals surface area contributed by atoms with Gasteiger partial charge in [-0.25, -0.2) is 17.9 Å². The number of rotatable bonds is 7. The minimum absolute atomic E-state index is 0.0308. The number of hydrogen-bond acceptors (Lipinski definition) is 6. The molecule has 1 aromatic heterocycles. The van der Waals surface area contributed by atoms with Crippen LogP contribution in [0.15, 0.2) is 72.3 Å². The number of carbonyl (C=O) groups excluding carboxylic acids is 3. The Morgan fingerprint density at radius 1 is 1.07 bits per heavy atom. The summed E-state index contributed by atoms with van der Waals surface area (Å²) in [5, 5.41) is 3.33. The average molecular weight is 647 g/mol. The fraction of sp³-hybridized carbons (Fsp3) is 0.387. The molecule has 14 heteroatoms. The molecule has 240 valence electrons. The zero-order valence-electron chi connectivity index (χ0n) is 24.8. The van der Waals surface area contributed by atoms with Crippen molar-refractivity contribution in [1.82, 2.24) is 19.9 Å². The zero-order valence-corrected chi connectivity index (χ0v) is 25.6. The van der Waals surface area contributed by atoms with Gasteiger partial charge in [0.25, 0.3) is 15.9 Å². The highest BCUT2D eigenvalue weighted by Gasteiger charge is 2.61. The Hall–Kier alpha value is -4.33. The maximum Gasteiger partial charge on any atom is 0.416 e. The number of nitrogens with zero attached hydrogens (tertiary/aromatic N) is 1. The van der Waals surface area contributed by atoms with E-state index < -0.39 is 68.6 Å². The minimum atomic E-state index is -4.56. The summed E-state index contributed by atoms with van der Waals surface area (Å²) in [6.07, 6.45) is -2.19.